The Morgan fingerprint density at radius 1 is 0.340 bits per heavy atom. The van der Waals surface area contributed by atoms with E-state index in [0.717, 1.165) is 72.4 Å². The van der Waals surface area contributed by atoms with Gasteiger partial charge in [0.1, 0.15) is 5.82 Å². The molecule has 0 amide bonds. The second-order valence-corrected chi connectivity index (χ2v) is 12.5. The van der Waals surface area contributed by atoms with E-state index in [1.807, 2.05) is 24.3 Å². The van der Waals surface area contributed by atoms with Crippen LogP contribution in [0.2, 0.25) is 0 Å². The van der Waals surface area contributed by atoms with Crippen molar-refractivity contribution in [3.63, 3.8) is 0 Å². The minimum Gasteiger partial charge on any atom is -0.294 e. The van der Waals surface area contributed by atoms with Crippen molar-refractivity contribution in [1.29, 1.82) is 0 Å². The zero-order valence-electron chi connectivity index (χ0n) is 27.0. The van der Waals surface area contributed by atoms with Crippen molar-refractivity contribution in [2.24, 2.45) is 0 Å². The molecule has 10 rings (SSSR count). The maximum absolute atomic E-state index is 5.41. The minimum atomic E-state index is 0.600. The molecule has 0 N–H and O–H groups in total. The molecule has 0 spiro atoms. The molecule has 0 atom stereocenters. The third-order valence-electron chi connectivity index (χ3n) is 9.58. The van der Waals surface area contributed by atoms with Gasteiger partial charge in [0.05, 0.1) is 39.1 Å². The number of pyridine rings is 1. The Bertz CT molecular complexity index is 2630. The molecule has 234 valence electrons. The summed E-state index contributed by atoms with van der Waals surface area (Å²) in [5.74, 6) is 1.39. The van der Waals surface area contributed by atoms with Gasteiger partial charge in [0.25, 0.3) is 0 Å². The largest absolute Gasteiger partial charge is 0.294 e. The van der Waals surface area contributed by atoms with Crippen molar-refractivity contribution in [3.8, 4) is 45.5 Å². The van der Waals surface area contributed by atoms with Crippen molar-refractivity contribution in [1.82, 2.24) is 24.1 Å². The fraction of sp³-hybridized carbons (Fsp3) is 0. The normalized spacial score (nSPS) is 11.6. The van der Waals surface area contributed by atoms with E-state index in [2.05, 4.69) is 161 Å². The van der Waals surface area contributed by atoms with Crippen molar-refractivity contribution in [2.45, 2.75) is 0 Å². The first-order valence-electron chi connectivity index (χ1n) is 16.8. The molecule has 50 heavy (non-hydrogen) atoms. The Morgan fingerprint density at radius 2 is 0.800 bits per heavy atom. The van der Waals surface area contributed by atoms with Crippen LogP contribution in [-0.2, 0) is 0 Å². The zero-order valence-corrected chi connectivity index (χ0v) is 27.0. The number of para-hydroxylation sites is 4. The summed E-state index contributed by atoms with van der Waals surface area (Å²) in [6.45, 7) is 0. The first-order chi connectivity index (χ1) is 24.8. The predicted molar refractivity (Wildman–Crippen MR) is 205 cm³/mol. The number of nitrogens with zero attached hydrogens (tertiary/aromatic N) is 5. The average Bonchev–Trinajstić information content (AvgIpc) is 3.71. The number of hydrogen-bond acceptors (Lipinski definition) is 3. The molecule has 0 fully saturated rings. The average molecular weight is 640 g/mol. The molecule has 0 bridgehead atoms. The Balaban J connectivity index is 1.31. The Morgan fingerprint density at radius 3 is 1.34 bits per heavy atom. The van der Waals surface area contributed by atoms with E-state index in [1.165, 1.54) is 10.8 Å². The lowest BCUT2D eigenvalue weighted by atomic mass is 10.0. The second-order valence-electron chi connectivity index (χ2n) is 12.5. The lowest BCUT2D eigenvalue weighted by Gasteiger charge is -2.16. The molecule has 0 aliphatic rings. The molecule has 5 heteroatoms. The van der Waals surface area contributed by atoms with Crippen LogP contribution in [0.4, 0.5) is 0 Å². The summed E-state index contributed by atoms with van der Waals surface area (Å²) in [6, 6.07) is 61.1. The van der Waals surface area contributed by atoms with Crippen molar-refractivity contribution >= 4 is 43.6 Å². The van der Waals surface area contributed by atoms with E-state index in [4.69, 9.17) is 15.0 Å². The van der Waals surface area contributed by atoms with Crippen molar-refractivity contribution in [2.75, 3.05) is 0 Å². The van der Waals surface area contributed by atoms with Crippen LogP contribution in [0.3, 0.4) is 0 Å². The molecule has 4 aromatic heterocycles. The van der Waals surface area contributed by atoms with E-state index in [9.17, 15) is 0 Å². The molecule has 0 unspecified atom stereocenters. The standard InChI is InChI=1S/C45H29N5/c1-3-15-30(16-4-1)37-28-27-36(44(46-37)31-17-5-2-6-18-31)38-29-43(49-39-23-11-7-19-32(39)33-20-8-12-24-40(33)49)48-45(47-38)50-41-25-13-9-21-34(41)35-22-10-14-26-42(35)50/h1-29H. The Kier molecular flexibility index (Phi) is 6.42. The van der Waals surface area contributed by atoms with Gasteiger partial charge in [0.2, 0.25) is 5.95 Å². The number of aromatic nitrogens is 5. The smallest absolute Gasteiger partial charge is 0.237 e. The van der Waals surface area contributed by atoms with Crippen LogP contribution in [-0.4, -0.2) is 24.1 Å². The summed E-state index contributed by atoms with van der Waals surface area (Å²) < 4.78 is 4.46. The van der Waals surface area contributed by atoms with E-state index < -0.39 is 0 Å². The summed E-state index contributed by atoms with van der Waals surface area (Å²) in [4.78, 5) is 16.1. The first kappa shape index (κ1) is 28.2. The van der Waals surface area contributed by atoms with Gasteiger partial charge in [0.15, 0.2) is 0 Å². The zero-order chi connectivity index (χ0) is 33.0. The Labute approximate surface area is 288 Å². The van der Waals surface area contributed by atoms with Gasteiger partial charge in [-0.3, -0.25) is 9.13 Å². The van der Waals surface area contributed by atoms with Gasteiger partial charge in [0, 0.05) is 44.3 Å². The van der Waals surface area contributed by atoms with Gasteiger partial charge in [-0.1, -0.05) is 133 Å². The van der Waals surface area contributed by atoms with Gasteiger partial charge in [-0.15, -0.1) is 0 Å². The van der Waals surface area contributed by atoms with Crippen LogP contribution in [0, 0.1) is 0 Å². The molecule has 0 radical (unpaired) electrons. The third-order valence-corrected chi connectivity index (χ3v) is 9.58. The first-order valence-corrected chi connectivity index (χ1v) is 16.8. The number of fused-ring (bicyclic) bond motifs is 6. The van der Waals surface area contributed by atoms with Crippen LogP contribution in [0.1, 0.15) is 0 Å². The maximum atomic E-state index is 5.41. The topological polar surface area (TPSA) is 48.5 Å². The summed E-state index contributed by atoms with van der Waals surface area (Å²) in [6.07, 6.45) is 0. The van der Waals surface area contributed by atoms with Crippen molar-refractivity contribution < 1.29 is 0 Å². The lowest BCUT2D eigenvalue weighted by molar-refractivity contribution is 0.952. The van der Waals surface area contributed by atoms with Crippen LogP contribution in [0.5, 0.6) is 0 Å². The predicted octanol–water partition coefficient (Wildman–Crippen LogP) is 11.1. The van der Waals surface area contributed by atoms with Gasteiger partial charge in [-0.25, -0.2) is 9.97 Å². The molecular weight excluding hydrogens is 611 g/mol. The van der Waals surface area contributed by atoms with Crippen LogP contribution in [0.15, 0.2) is 176 Å². The summed E-state index contributed by atoms with van der Waals surface area (Å²) >= 11 is 0. The minimum absolute atomic E-state index is 0.600. The molecule has 5 nitrogen and oxygen atoms in total. The second kappa shape index (κ2) is 11.4. The van der Waals surface area contributed by atoms with Gasteiger partial charge in [-0.2, -0.15) is 4.98 Å². The van der Waals surface area contributed by atoms with E-state index in [1.54, 1.807) is 0 Å². The molecular formula is C45H29N5. The third kappa shape index (κ3) is 4.45. The van der Waals surface area contributed by atoms with Gasteiger partial charge < -0.3 is 0 Å². The highest BCUT2D eigenvalue weighted by Crippen LogP contribution is 2.37. The number of rotatable bonds is 5. The molecule has 10 aromatic rings. The molecule has 0 aliphatic heterocycles. The highest BCUT2D eigenvalue weighted by Gasteiger charge is 2.21. The van der Waals surface area contributed by atoms with Gasteiger partial charge in [-0.05, 0) is 36.4 Å². The maximum Gasteiger partial charge on any atom is 0.237 e. The lowest BCUT2D eigenvalue weighted by Crippen LogP contribution is -2.08. The van der Waals surface area contributed by atoms with Crippen molar-refractivity contribution in [3.05, 3.63) is 176 Å². The molecule has 4 heterocycles. The fourth-order valence-corrected chi connectivity index (χ4v) is 7.33. The van der Waals surface area contributed by atoms with Gasteiger partial charge >= 0.3 is 0 Å². The van der Waals surface area contributed by atoms with E-state index in [-0.39, 0.29) is 0 Å². The summed E-state index contributed by atoms with van der Waals surface area (Å²) in [7, 11) is 0. The molecule has 0 aliphatic carbocycles. The monoisotopic (exact) mass is 639 g/mol. The molecule has 6 aromatic carbocycles. The number of hydrogen-bond donors (Lipinski definition) is 0. The highest BCUT2D eigenvalue weighted by atomic mass is 15.2. The highest BCUT2D eigenvalue weighted by molar-refractivity contribution is 6.10. The summed E-state index contributed by atoms with van der Waals surface area (Å²) in [5, 5.41) is 4.69. The fourth-order valence-electron chi connectivity index (χ4n) is 7.33. The van der Waals surface area contributed by atoms with E-state index >= 15 is 0 Å². The van der Waals surface area contributed by atoms with Crippen LogP contribution in [0.25, 0.3) is 89.2 Å². The SMILES string of the molecule is c1ccc(-c2ccc(-c3cc(-n4c5ccccc5c5ccccc54)nc(-n4c5ccccc5c5ccccc54)n3)c(-c3ccccc3)n2)cc1. The number of benzene rings is 6. The quantitative estimate of drug-likeness (QED) is 0.188. The molecule has 0 saturated carbocycles. The van der Waals surface area contributed by atoms with Crippen LogP contribution >= 0.6 is 0 Å². The summed E-state index contributed by atoms with van der Waals surface area (Å²) in [5.41, 5.74) is 9.88. The van der Waals surface area contributed by atoms with Crippen LogP contribution < -0.4 is 0 Å². The Hall–Kier alpha value is -6.85. The van der Waals surface area contributed by atoms with E-state index in [0.29, 0.717) is 5.95 Å². The molecule has 0 saturated heterocycles.